The van der Waals surface area contributed by atoms with Crippen molar-refractivity contribution in [2.24, 2.45) is 0 Å². The highest BCUT2D eigenvalue weighted by Gasteiger charge is 2.28. The van der Waals surface area contributed by atoms with Crippen LogP contribution in [0.15, 0.2) is 18.3 Å². The Balaban J connectivity index is 2.55. The lowest BCUT2D eigenvalue weighted by molar-refractivity contribution is -0.154. The van der Waals surface area contributed by atoms with E-state index in [2.05, 4.69) is 15.0 Å². The van der Waals surface area contributed by atoms with Crippen LogP contribution in [-0.4, -0.2) is 42.8 Å². The fraction of sp³-hybridized carbons (Fsp3) is 0.400. The average molecular weight is 263 g/mol. The molecule has 0 spiro atoms. The molecule has 1 aromatic heterocycles. The van der Waals surface area contributed by atoms with Crippen molar-refractivity contribution in [1.82, 2.24) is 9.88 Å². The minimum absolute atomic E-state index is 0.157. The molecule has 100 valence electrons. The van der Waals surface area contributed by atoms with Crippen LogP contribution < -0.4 is 10.1 Å². The Morgan fingerprint density at radius 2 is 2.11 bits per heavy atom. The molecule has 5 nitrogen and oxygen atoms in total. The zero-order chi connectivity index (χ0) is 13.8. The maximum Gasteiger partial charge on any atom is 0.422 e. The number of carbonyl (C=O) groups is 1. The Labute approximate surface area is 102 Å². The molecule has 1 heterocycles. The van der Waals surface area contributed by atoms with Crippen molar-refractivity contribution in [3.8, 4) is 5.88 Å². The number of alkyl halides is 3. The zero-order valence-corrected chi connectivity index (χ0v) is 9.78. The van der Waals surface area contributed by atoms with Gasteiger partial charge in [-0.05, 0) is 6.07 Å². The van der Waals surface area contributed by atoms with E-state index in [0.29, 0.717) is 5.69 Å². The summed E-state index contributed by atoms with van der Waals surface area (Å²) in [5.41, 5.74) is 0.369. The summed E-state index contributed by atoms with van der Waals surface area (Å²) >= 11 is 0. The molecular formula is C10H12F3N3O2. The van der Waals surface area contributed by atoms with Crippen molar-refractivity contribution < 1.29 is 22.7 Å². The van der Waals surface area contributed by atoms with Crippen molar-refractivity contribution in [2.45, 2.75) is 6.18 Å². The van der Waals surface area contributed by atoms with Gasteiger partial charge in [-0.1, -0.05) is 0 Å². The molecule has 1 N–H and O–H groups in total. The molecule has 0 saturated heterocycles. The number of nitrogens with one attached hydrogen (secondary N) is 1. The molecule has 1 rings (SSSR count). The predicted octanol–water partition coefficient (Wildman–Crippen LogP) is 2.12. The van der Waals surface area contributed by atoms with Gasteiger partial charge < -0.3 is 15.0 Å². The van der Waals surface area contributed by atoms with Crippen LogP contribution in [0.2, 0.25) is 0 Å². The molecule has 0 aliphatic rings. The quantitative estimate of drug-likeness (QED) is 0.908. The minimum Gasteiger partial charge on any atom is -0.468 e. The summed E-state index contributed by atoms with van der Waals surface area (Å²) in [4.78, 5) is 16.2. The fourth-order valence-corrected chi connectivity index (χ4v) is 0.931. The summed E-state index contributed by atoms with van der Waals surface area (Å²) in [7, 11) is 3.12. The Morgan fingerprint density at radius 1 is 1.44 bits per heavy atom. The lowest BCUT2D eigenvalue weighted by Crippen LogP contribution is -2.27. The maximum absolute atomic E-state index is 11.9. The van der Waals surface area contributed by atoms with E-state index in [0.717, 1.165) is 0 Å². The predicted molar refractivity (Wildman–Crippen MR) is 58.5 cm³/mol. The molecule has 0 aliphatic heterocycles. The normalized spacial score (nSPS) is 10.9. The van der Waals surface area contributed by atoms with Gasteiger partial charge in [-0.25, -0.2) is 9.78 Å². The number of pyridine rings is 1. The second-order valence-electron chi connectivity index (χ2n) is 3.61. The number of rotatable bonds is 3. The molecule has 0 aliphatic carbocycles. The van der Waals surface area contributed by atoms with Crippen molar-refractivity contribution in [3.05, 3.63) is 18.3 Å². The van der Waals surface area contributed by atoms with Crippen LogP contribution in [0.1, 0.15) is 0 Å². The van der Waals surface area contributed by atoms with Gasteiger partial charge in [0, 0.05) is 20.2 Å². The molecule has 18 heavy (non-hydrogen) atoms. The van der Waals surface area contributed by atoms with Gasteiger partial charge in [0.25, 0.3) is 0 Å². The van der Waals surface area contributed by atoms with Crippen LogP contribution in [0.25, 0.3) is 0 Å². The second kappa shape index (κ2) is 5.56. The molecule has 2 amide bonds. The molecule has 0 unspecified atom stereocenters. The molecule has 8 heteroatoms. The number of urea groups is 1. The van der Waals surface area contributed by atoms with E-state index in [1.54, 1.807) is 14.1 Å². The van der Waals surface area contributed by atoms with Crippen LogP contribution in [0.4, 0.5) is 23.7 Å². The van der Waals surface area contributed by atoms with Crippen LogP contribution in [0.5, 0.6) is 5.88 Å². The Bertz CT molecular complexity index is 404. The monoisotopic (exact) mass is 263 g/mol. The smallest absolute Gasteiger partial charge is 0.422 e. The van der Waals surface area contributed by atoms with Gasteiger partial charge in [0.1, 0.15) is 0 Å². The third kappa shape index (κ3) is 4.89. The Hall–Kier alpha value is -1.99. The van der Waals surface area contributed by atoms with Crippen molar-refractivity contribution in [2.75, 3.05) is 26.0 Å². The highest BCUT2D eigenvalue weighted by atomic mass is 19.4. The van der Waals surface area contributed by atoms with E-state index in [1.807, 2.05) is 0 Å². The van der Waals surface area contributed by atoms with Gasteiger partial charge in [0.2, 0.25) is 5.88 Å². The molecule has 0 atom stereocenters. The van der Waals surface area contributed by atoms with E-state index in [1.165, 1.54) is 23.2 Å². The number of hydrogen-bond donors (Lipinski definition) is 1. The first-order chi connectivity index (χ1) is 8.28. The largest absolute Gasteiger partial charge is 0.468 e. The second-order valence-corrected chi connectivity index (χ2v) is 3.61. The molecule has 0 saturated carbocycles. The van der Waals surface area contributed by atoms with Gasteiger partial charge in [-0.3, -0.25) is 0 Å². The first-order valence-electron chi connectivity index (χ1n) is 4.92. The lowest BCUT2D eigenvalue weighted by atomic mass is 10.4. The Morgan fingerprint density at radius 3 is 2.56 bits per heavy atom. The van der Waals surface area contributed by atoms with Crippen LogP contribution in [0.3, 0.4) is 0 Å². The van der Waals surface area contributed by atoms with E-state index in [-0.39, 0.29) is 11.9 Å². The van der Waals surface area contributed by atoms with Crippen molar-refractivity contribution in [1.29, 1.82) is 0 Å². The molecule has 1 aromatic rings. The maximum atomic E-state index is 11.9. The van der Waals surface area contributed by atoms with Crippen LogP contribution in [-0.2, 0) is 0 Å². The topological polar surface area (TPSA) is 54.5 Å². The SMILES string of the molecule is CN(C)C(=O)Nc1ccc(OCC(F)(F)F)nc1. The summed E-state index contributed by atoms with van der Waals surface area (Å²) in [6.45, 7) is -1.40. The first kappa shape index (κ1) is 14.1. The summed E-state index contributed by atoms with van der Waals surface area (Å²) in [5.74, 6) is -0.157. The number of aromatic nitrogens is 1. The number of halogens is 3. The van der Waals surface area contributed by atoms with Gasteiger partial charge in [-0.15, -0.1) is 0 Å². The number of nitrogens with zero attached hydrogens (tertiary/aromatic N) is 2. The summed E-state index contributed by atoms with van der Waals surface area (Å²) in [6.07, 6.45) is -3.19. The molecule has 0 aromatic carbocycles. The Kier molecular flexibility index (Phi) is 4.35. The first-order valence-corrected chi connectivity index (χ1v) is 4.92. The average Bonchev–Trinajstić information content (AvgIpc) is 2.27. The van der Waals surface area contributed by atoms with Gasteiger partial charge in [-0.2, -0.15) is 13.2 Å². The highest BCUT2D eigenvalue weighted by molar-refractivity contribution is 5.88. The number of amides is 2. The van der Waals surface area contributed by atoms with Gasteiger partial charge in [0.15, 0.2) is 6.61 Å². The summed E-state index contributed by atoms with van der Waals surface area (Å²) in [5, 5.41) is 2.49. The van der Waals surface area contributed by atoms with Gasteiger partial charge >= 0.3 is 12.2 Å². The fourth-order valence-electron chi connectivity index (χ4n) is 0.931. The van der Waals surface area contributed by atoms with E-state index in [9.17, 15) is 18.0 Å². The lowest BCUT2D eigenvalue weighted by Gasteiger charge is -2.12. The molecular weight excluding hydrogens is 251 g/mol. The molecule has 0 fully saturated rings. The number of carbonyl (C=O) groups excluding carboxylic acids is 1. The molecule has 0 radical (unpaired) electrons. The minimum atomic E-state index is -4.40. The van der Waals surface area contributed by atoms with Crippen molar-refractivity contribution >= 4 is 11.7 Å². The van der Waals surface area contributed by atoms with E-state index < -0.39 is 12.8 Å². The standard InChI is InChI=1S/C10H12F3N3O2/c1-16(2)9(17)15-7-3-4-8(14-5-7)18-6-10(11,12)13/h3-5H,6H2,1-2H3,(H,15,17). The number of anilines is 1. The highest BCUT2D eigenvalue weighted by Crippen LogP contribution is 2.18. The zero-order valence-electron chi connectivity index (χ0n) is 9.78. The van der Waals surface area contributed by atoms with Crippen molar-refractivity contribution in [3.63, 3.8) is 0 Å². The summed E-state index contributed by atoms with van der Waals surface area (Å²) < 4.78 is 40.0. The molecule has 0 bridgehead atoms. The third-order valence-corrected chi connectivity index (χ3v) is 1.78. The number of hydrogen-bond acceptors (Lipinski definition) is 3. The van der Waals surface area contributed by atoms with Crippen LogP contribution >= 0.6 is 0 Å². The summed E-state index contributed by atoms with van der Waals surface area (Å²) in [6, 6.07) is 2.29. The van der Waals surface area contributed by atoms with Crippen LogP contribution in [0, 0.1) is 0 Å². The third-order valence-electron chi connectivity index (χ3n) is 1.78. The van der Waals surface area contributed by atoms with E-state index in [4.69, 9.17) is 0 Å². The number of ether oxygens (including phenoxy) is 1. The van der Waals surface area contributed by atoms with E-state index >= 15 is 0 Å². The van der Waals surface area contributed by atoms with Gasteiger partial charge in [0.05, 0.1) is 11.9 Å².